The standard InChI is InChI=1S/C22H18N8O/c31-22(12-3-1-4-12)26-14-7-13(9-23-10-14)17-8-15-18(11-25-17)29-30-19(15)21-27-16-5-2-6-24-20(16)28-21/h2,5-12H,1,3-4H2,(H,26,31)(H,29,30)(H,24,27,28). The van der Waals surface area contributed by atoms with Crippen LogP contribution in [0.4, 0.5) is 5.69 Å². The summed E-state index contributed by atoms with van der Waals surface area (Å²) in [6.45, 7) is 0. The van der Waals surface area contributed by atoms with Gasteiger partial charge in [-0.1, -0.05) is 6.42 Å². The summed E-state index contributed by atoms with van der Waals surface area (Å²) in [5.74, 6) is 0.811. The van der Waals surface area contributed by atoms with Gasteiger partial charge >= 0.3 is 0 Å². The highest BCUT2D eigenvalue weighted by molar-refractivity contribution is 5.95. The van der Waals surface area contributed by atoms with Crippen molar-refractivity contribution in [1.82, 2.24) is 35.1 Å². The topological polar surface area (TPSA) is 125 Å². The van der Waals surface area contributed by atoms with Gasteiger partial charge in [-0.25, -0.2) is 9.97 Å². The van der Waals surface area contributed by atoms with Crippen LogP contribution >= 0.6 is 0 Å². The minimum absolute atomic E-state index is 0.0595. The van der Waals surface area contributed by atoms with Gasteiger partial charge < -0.3 is 10.3 Å². The summed E-state index contributed by atoms with van der Waals surface area (Å²) in [5, 5.41) is 11.3. The first-order chi connectivity index (χ1) is 15.2. The smallest absolute Gasteiger partial charge is 0.227 e. The van der Waals surface area contributed by atoms with Crippen molar-refractivity contribution in [3.8, 4) is 22.8 Å². The summed E-state index contributed by atoms with van der Waals surface area (Å²) in [4.78, 5) is 33.2. The molecule has 152 valence electrons. The third-order valence-electron chi connectivity index (χ3n) is 5.71. The highest BCUT2D eigenvalue weighted by Crippen LogP contribution is 2.30. The summed E-state index contributed by atoms with van der Waals surface area (Å²) in [5.41, 5.74) is 5.20. The Morgan fingerprint density at radius 3 is 2.87 bits per heavy atom. The Balaban J connectivity index is 1.37. The molecule has 0 atom stereocenters. The van der Waals surface area contributed by atoms with Gasteiger partial charge in [0.2, 0.25) is 5.91 Å². The number of nitrogens with zero attached hydrogens (tertiary/aromatic N) is 5. The quantitative estimate of drug-likeness (QED) is 0.415. The Bertz CT molecular complexity index is 1400. The van der Waals surface area contributed by atoms with Gasteiger partial charge in [0.1, 0.15) is 5.69 Å². The van der Waals surface area contributed by atoms with Gasteiger partial charge in [-0.3, -0.25) is 19.9 Å². The zero-order valence-electron chi connectivity index (χ0n) is 16.5. The number of imidazole rings is 1. The first-order valence-corrected chi connectivity index (χ1v) is 10.2. The first-order valence-electron chi connectivity index (χ1n) is 10.2. The normalized spacial score (nSPS) is 14.1. The van der Waals surface area contributed by atoms with E-state index < -0.39 is 0 Å². The Morgan fingerprint density at radius 2 is 2.03 bits per heavy atom. The van der Waals surface area contributed by atoms with Crippen molar-refractivity contribution >= 4 is 33.7 Å². The van der Waals surface area contributed by atoms with Gasteiger partial charge in [-0.05, 0) is 37.1 Å². The molecule has 0 saturated heterocycles. The third-order valence-corrected chi connectivity index (χ3v) is 5.71. The second-order valence-electron chi connectivity index (χ2n) is 7.73. The van der Waals surface area contributed by atoms with Gasteiger partial charge in [0.15, 0.2) is 11.5 Å². The highest BCUT2D eigenvalue weighted by atomic mass is 16.1. The molecule has 3 N–H and O–H groups in total. The van der Waals surface area contributed by atoms with E-state index in [9.17, 15) is 4.79 Å². The van der Waals surface area contributed by atoms with E-state index in [-0.39, 0.29) is 11.8 Å². The number of aromatic amines is 2. The average molecular weight is 410 g/mol. The van der Waals surface area contributed by atoms with Crippen LogP contribution in [0.3, 0.4) is 0 Å². The molecule has 0 aliphatic heterocycles. The van der Waals surface area contributed by atoms with Crippen molar-refractivity contribution < 1.29 is 4.79 Å². The molecule has 0 spiro atoms. The maximum Gasteiger partial charge on any atom is 0.227 e. The molecule has 5 aromatic heterocycles. The molecule has 1 aliphatic carbocycles. The fourth-order valence-electron chi connectivity index (χ4n) is 3.78. The number of pyridine rings is 3. The van der Waals surface area contributed by atoms with Gasteiger partial charge in [-0.15, -0.1) is 0 Å². The molecule has 9 heteroatoms. The molecule has 0 aromatic carbocycles. The van der Waals surface area contributed by atoms with Gasteiger partial charge in [0.25, 0.3) is 0 Å². The average Bonchev–Trinajstić information content (AvgIpc) is 3.36. The Hall–Kier alpha value is -4.14. The molecule has 0 unspecified atom stereocenters. The van der Waals surface area contributed by atoms with Crippen LogP contribution in [0.1, 0.15) is 19.3 Å². The zero-order valence-corrected chi connectivity index (χ0v) is 16.5. The second-order valence-corrected chi connectivity index (χ2v) is 7.73. The number of fused-ring (bicyclic) bond motifs is 2. The maximum atomic E-state index is 12.3. The number of H-pyrrole nitrogens is 2. The molecule has 5 heterocycles. The van der Waals surface area contributed by atoms with Crippen molar-refractivity contribution in [3.05, 3.63) is 49.1 Å². The molecule has 1 aliphatic rings. The largest absolute Gasteiger partial charge is 0.335 e. The van der Waals surface area contributed by atoms with Crippen LogP contribution in [-0.2, 0) is 4.79 Å². The maximum absolute atomic E-state index is 12.3. The predicted octanol–water partition coefficient (Wildman–Crippen LogP) is 3.70. The summed E-state index contributed by atoms with van der Waals surface area (Å²) in [7, 11) is 0. The minimum atomic E-state index is 0.0595. The van der Waals surface area contributed by atoms with Crippen LogP contribution in [0.5, 0.6) is 0 Å². The Kier molecular flexibility index (Phi) is 3.98. The van der Waals surface area contributed by atoms with E-state index in [4.69, 9.17) is 0 Å². The fraction of sp³-hybridized carbons (Fsp3) is 0.182. The number of rotatable bonds is 4. The van der Waals surface area contributed by atoms with E-state index in [1.165, 1.54) is 0 Å². The van der Waals surface area contributed by atoms with Crippen LogP contribution in [0.15, 0.2) is 49.1 Å². The van der Waals surface area contributed by atoms with Crippen molar-refractivity contribution in [2.45, 2.75) is 19.3 Å². The zero-order chi connectivity index (χ0) is 20.8. The van der Waals surface area contributed by atoms with E-state index >= 15 is 0 Å². The van der Waals surface area contributed by atoms with Crippen molar-refractivity contribution in [1.29, 1.82) is 0 Å². The number of hydrogen-bond acceptors (Lipinski definition) is 6. The number of aromatic nitrogens is 7. The second kappa shape index (κ2) is 6.98. The van der Waals surface area contributed by atoms with E-state index in [0.717, 1.165) is 46.9 Å². The lowest BCUT2D eigenvalue weighted by atomic mass is 9.85. The number of carbonyl (C=O) groups excluding carboxylic acids is 1. The molecule has 0 bridgehead atoms. The van der Waals surface area contributed by atoms with Crippen LogP contribution in [-0.4, -0.2) is 41.0 Å². The molecule has 31 heavy (non-hydrogen) atoms. The minimum Gasteiger partial charge on any atom is -0.335 e. The predicted molar refractivity (Wildman–Crippen MR) is 116 cm³/mol. The molecule has 1 saturated carbocycles. The lowest BCUT2D eigenvalue weighted by Crippen LogP contribution is -2.28. The van der Waals surface area contributed by atoms with Gasteiger partial charge in [0.05, 0.1) is 34.8 Å². The lowest BCUT2D eigenvalue weighted by Gasteiger charge is -2.24. The van der Waals surface area contributed by atoms with Crippen LogP contribution in [0.2, 0.25) is 0 Å². The van der Waals surface area contributed by atoms with Gasteiger partial charge in [-0.2, -0.15) is 5.10 Å². The summed E-state index contributed by atoms with van der Waals surface area (Å²) < 4.78 is 0. The molecule has 0 radical (unpaired) electrons. The van der Waals surface area contributed by atoms with E-state index in [2.05, 4.69) is 40.4 Å². The monoisotopic (exact) mass is 410 g/mol. The van der Waals surface area contributed by atoms with Gasteiger partial charge in [0, 0.05) is 29.3 Å². The molecule has 1 amide bonds. The SMILES string of the molecule is O=C(Nc1cncc(-c2cc3c(-c4nc5ncccc5[nH]4)n[nH]c3cn2)c1)C1CCC1. The molecule has 9 nitrogen and oxygen atoms in total. The fourth-order valence-corrected chi connectivity index (χ4v) is 3.78. The number of carbonyl (C=O) groups is 1. The number of hydrogen-bond donors (Lipinski definition) is 3. The molecule has 6 rings (SSSR count). The summed E-state index contributed by atoms with van der Waals surface area (Å²) in [6, 6.07) is 7.63. The summed E-state index contributed by atoms with van der Waals surface area (Å²) >= 11 is 0. The number of amides is 1. The molecular weight excluding hydrogens is 392 g/mol. The summed E-state index contributed by atoms with van der Waals surface area (Å²) in [6.07, 6.45) is 9.87. The Labute approximate surface area is 176 Å². The molecule has 5 aromatic rings. The van der Waals surface area contributed by atoms with Crippen LogP contribution < -0.4 is 5.32 Å². The molecular formula is C22H18N8O. The number of anilines is 1. The highest BCUT2D eigenvalue weighted by Gasteiger charge is 2.25. The van der Waals surface area contributed by atoms with E-state index in [1.807, 2.05) is 24.3 Å². The first kappa shape index (κ1) is 17.7. The van der Waals surface area contributed by atoms with Crippen LogP contribution in [0.25, 0.3) is 44.8 Å². The van der Waals surface area contributed by atoms with Crippen molar-refractivity contribution in [2.24, 2.45) is 5.92 Å². The lowest BCUT2D eigenvalue weighted by molar-refractivity contribution is -0.122. The van der Waals surface area contributed by atoms with E-state index in [1.54, 1.807) is 24.8 Å². The third kappa shape index (κ3) is 3.10. The van der Waals surface area contributed by atoms with Crippen molar-refractivity contribution in [3.63, 3.8) is 0 Å². The molecule has 1 fully saturated rings. The number of nitrogens with one attached hydrogen (secondary N) is 3. The Morgan fingerprint density at radius 1 is 1.10 bits per heavy atom. The van der Waals surface area contributed by atoms with E-state index in [0.29, 0.717) is 22.9 Å². The van der Waals surface area contributed by atoms with Crippen molar-refractivity contribution in [2.75, 3.05) is 5.32 Å². The van der Waals surface area contributed by atoms with Crippen LogP contribution in [0, 0.1) is 5.92 Å².